The second kappa shape index (κ2) is 6.55. The van der Waals surface area contributed by atoms with Gasteiger partial charge in [-0.15, -0.1) is 0 Å². The van der Waals surface area contributed by atoms with Crippen molar-refractivity contribution in [3.05, 3.63) is 35.9 Å². The Morgan fingerprint density at radius 1 is 1.07 bits per heavy atom. The first-order valence-electron chi connectivity index (χ1n) is 11.2. The fourth-order valence-electron chi connectivity index (χ4n) is 7.78. The van der Waals surface area contributed by atoms with Gasteiger partial charge in [-0.1, -0.05) is 30.3 Å². The number of carbonyl (C=O) groups excluding carboxylic acids is 1. The van der Waals surface area contributed by atoms with Crippen molar-refractivity contribution in [3.63, 3.8) is 0 Å². The van der Waals surface area contributed by atoms with Gasteiger partial charge in [0.2, 0.25) is 5.91 Å². The minimum atomic E-state index is -0.509. The lowest BCUT2D eigenvalue weighted by Crippen LogP contribution is -2.51. The van der Waals surface area contributed by atoms with Crippen molar-refractivity contribution in [3.8, 4) is 0 Å². The molecule has 1 amide bonds. The first-order chi connectivity index (χ1) is 13.5. The summed E-state index contributed by atoms with van der Waals surface area (Å²) in [7, 11) is 0. The Hall–Kier alpha value is -1.42. The maximum absolute atomic E-state index is 14.6. The lowest BCUT2D eigenvalue weighted by atomic mass is 9.63. The van der Waals surface area contributed by atoms with Crippen LogP contribution in [0.25, 0.3) is 0 Å². The number of hydrogen-bond acceptors (Lipinski definition) is 2. The summed E-state index contributed by atoms with van der Waals surface area (Å²) in [6.45, 7) is 0.391. The summed E-state index contributed by atoms with van der Waals surface area (Å²) in [5, 5.41) is 3.39. The van der Waals surface area contributed by atoms with Crippen molar-refractivity contribution >= 4 is 5.91 Å². The fraction of sp³-hybridized carbons (Fsp3) is 0.708. The molecule has 4 bridgehead atoms. The van der Waals surface area contributed by atoms with Crippen molar-refractivity contribution in [2.75, 3.05) is 13.2 Å². The molecule has 0 spiro atoms. The van der Waals surface area contributed by atoms with E-state index in [1.54, 1.807) is 0 Å². The summed E-state index contributed by atoms with van der Waals surface area (Å²) in [6, 6.07) is 10.8. The molecule has 0 aromatic heterocycles. The Morgan fingerprint density at radius 2 is 1.82 bits per heavy atom. The molecule has 3 N–H and O–H groups in total. The summed E-state index contributed by atoms with van der Waals surface area (Å²) in [5.74, 6) is 1.24. The minimum absolute atomic E-state index is 0.0108. The van der Waals surface area contributed by atoms with Crippen LogP contribution in [0.1, 0.15) is 63.4 Å². The second-order valence-corrected chi connectivity index (χ2v) is 10.4. The van der Waals surface area contributed by atoms with E-state index in [0.29, 0.717) is 11.8 Å². The summed E-state index contributed by atoms with van der Waals surface area (Å²) in [5.41, 5.74) is 6.16. The van der Waals surface area contributed by atoms with E-state index in [4.69, 9.17) is 5.73 Å². The van der Waals surface area contributed by atoms with E-state index in [2.05, 4.69) is 29.6 Å². The van der Waals surface area contributed by atoms with Crippen LogP contribution < -0.4 is 11.1 Å². The monoisotopic (exact) mass is 384 g/mol. The average Bonchev–Trinajstić information content (AvgIpc) is 3.09. The highest BCUT2D eigenvalue weighted by Crippen LogP contribution is 2.76. The largest absolute Gasteiger partial charge is 0.353 e. The molecule has 2 unspecified atom stereocenters. The molecule has 6 rings (SSSR count). The van der Waals surface area contributed by atoms with Gasteiger partial charge in [0.1, 0.15) is 0 Å². The van der Waals surface area contributed by atoms with Crippen molar-refractivity contribution in [1.29, 1.82) is 0 Å². The molecule has 0 saturated heterocycles. The van der Waals surface area contributed by atoms with Gasteiger partial charge in [0, 0.05) is 11.5 Å². The molecule has 0 radical (unpaired) electrons. The second-order valence-electron chi connectivity index (χ2n) is 10.4. The highest BCUT2D eigenvalue weighted by molar-refractivity contribution is 5.86. The molecule has 1 aromatic carbocycles. The van der Waals surface area contributed by atoms with Crippen LogP contribution in [0.3, 0.4) is 0 Å². The Morgan fingerprint density at radius 3 is 2.50 bits per heavy atom. The molecule has 0 heterocycles. The SMILES string of the molecule is NC[C@H]1CC[C@H](NC(=O)C23CC4C[C@](c5ccccc5)(C2)C[C@@]3(CF)C4)CC1. The quantitative estimate of drug-likeness (QED) is 0.803. The van der Waals surface area contributed by atoms with Gasteiger partial charge in [-0.05, 0) is 87.1 Å². The van der Waals surface area contributed by atoms with Crippen LogP contribution in [0, 0.1) is 22.7 Å². The number of amides is 1. The van der Waals surface area contributed by atoms with Crippen LogP contribution >= 0.6 is 0 Å². The lowest BCUT2D eigenvalue weighted by molar-refractivity contribution is -0.138. The number of alkyl halides is 1. The molecular formula is C24H33FN2O. The molecule has 4 heteroatoms. The zero-order valence-corrected chi connectivity index (χ0v) is 16.8. The summed E-state index contributed by atoms with van der Waals surface area (Å²) in [4.78, 5) is 13.7. The maximum atomic E-state index is 14.6. The number of rotatable bonds is 5. The molecule has 3 nitrogen and oxygen atoms in total. The number of halogens is 1. The molecule has 0 aliphatic heterocycles. The number of carbonyl (C=O) groups is 1. The van der Waals surface area contributed by atoms with Crippen molar-refractivity contribution in [2.24, 2.45) is 28.4 Å². The molecular weight excluding hydrogens is 351 g/mol. The van der Waals surface area contributed by atoms with E-state index in [9.17, 15) is 9.18 Å². The van der Waals surface area contributed by atoms with Gasteiger partial charge < -0.3 is 11.1 Å². The zero-order valence-electron chi connectivity index (χ0n) is 16.8. The number of nitrogens with two attached hydrogens (primary N) is 1. The van der Waals surface area contributed by atoms with E-state index >= 15 is 0 Å². The molecule has 4 atom stereocenters. The summed E-state index contributed by atoms with van der Waals surface area (Å²) >= 11 is 0. The Labute approximate surface area is 167 Å². The summed E-state index contributed by atoms with van der Waals surface area (Å²) < 4.78 is 14.6. The Balaban J connectivity index is 1.41. The third-order valence-corrected chi connectivity index (χ3v) is 8.92. The first kappa shape index (κ1) is 18.6. The molecule has 5 aliphatic carbocycles. The van der Waals surface area contributed by atoms with Crippen LogP contribution in [0.15, 0.2) is 30.3 Å². The van der Waals surface area contributed by atoms with Crippen LogP contribution in [-0.2, 0) is 10.2 Å². The molecule has 1 aromatic rings. The normalized spacial score (nSPS) is 44.0. The lowest BCUT2D eigenvalue weighted by Gasteiger charge is -2.41. The van der Waals surface area contributed by atoms with Gasteiger partial charge in [0.25, 0.3) is 0 Å². The van der Waals surface area contributed by atoms with Crippen molar-refractivity contribution in [1.82, 2.24) is 5.32 Å². The molecule has 152 valence electrons. The van der Waals surface area contributed by atoms with Gasteiger partial charge in [-0.2, -0.15) is 0 Å². The minimum Gasteiger partial charge on any atom is -0.353 e. The topological polar surface area (TPSA) is 55.1 Å². The number of hydrogen-bond donors (Lipinski definition) is 2. The fourth-order valence-corrected chi connectivity index (χ4v) is 7.78. The molecule has 5 saturated carbocycles. The molecule has 28 heavy (non-hydrogen) atoms. The average molecular weight is 385 g/mol. The third-order valence-electron chi connectivity index (χ3n) is 8.92. The van der Waals surface area contributed by atoms with Gasteiger partial charge >= 0.3 is 0 Å². The number of nitrogens with one attached hydrogen (secondary N) is 1. The number of benzene rings is 1. The van der Waals surface area contributed by atoms with Gasteiger partial charge in [0.15, 0.2) is 0 Å². The predicted octanol–water partition coefficient (Wildman–Crippen LogP) is 4.11. The van der Waals surface area contributed by atoms with Crippen LogP contribution in [0.2, 0.25) is 0 Å². The Bertz CT molecular complexity index is 746. The van der Waals surface area contributed by atoms with Crippen LogP contribution in [0.4, 0.5) is 4.39 Å². The van der Waals surface area contributed by atoms with Crippen molar-refractivity contribution < 1.29 is 9.18 Å². The molecule has 5 aliphatic rings. The van der Waals surface area contributed by atoms with E-state index in [0.717, 1.165) is 64.3 Å². The standard InChI is InChI=1S/C24H33FN2O/c25-16-23-11-18-10-22(14-23,19-4-2-1-3-5-19)15-24(23,12-18)21(28)27-20-8-6-17(13-26)7-9-20/h1-5,17-18,20H,6-16,26H2,(H,27,28)/t17-,18?,20-,22-,23-,24?/m1/s1. The van der Waals surface area contributed by atoms with Crippen LogP contribution in [0.5, 0.6) is 0 Å². The van der Waals surface area contributed by atoms with Crippen molar-refractivity contribution in [2.45, 2.75) is 69.2 Å². The highest BCUT2D eigenvalue weighted by Gasteiger charge is 2.74. The van der Waals surface area contributed by atoms with Gasteiger partial charge in [-0.3, -0.25) is 9.18 Å². The Kier molecular flexibility index (Phi) is 4.35. The van der Waals surface area contributed by atoms with E-state index in [1.807, 2.05) is 6.07 Å². The van der Waals surface area contributed by atoms with E-state index in [1.165, 1.54) is 5.56 Å². The summed E-state index contributed by atoms with van der Waals surface area (Å²) in [6.07, 6.45) is 8.78. The van der Waals surface area contributed by atoms with Crippen LogP contribution in [-0.4, -0.2) is 25.2 Å². The highest BCUT2D eigenvalue weighted by atomic mass is 19.1. The zero-order chi connectivity index (χ0) is 19.4. The third kappa shape index (κ3) is 2.52. The first-order valence-corrected chi connectivity index (χ1v) is 11.2. The smallest absolute Gasteiger partial charge is 0.227 e. The van der Waals surface area contributed by atoms with Gasteiger partial charge in [-0.25, -0.2) is 0 Å². The maximum Gasteiger partial charge on any atom is 0.227 e. The van der Waals surface area contributed by atoms with E-state index in [-0.39, 0.29) is 24.0 Å². The molecule has 5 fully saturated rings. The predicted molar refractivity (Wildman–Crippen MR) is 108 cm³/mol. The van der Waals surface area contributed by atoms with Gasteiger partial charge in [0.05, 0.1) is 12.1 Å². The van der Waals surface area contributed by atoms with E-state index < -0.39 is 10.8 Å².